The number of anilines is 2. The minimum atomic E-state index is -0.470. The number of pyridine rings is 1. The maximum atomic E-state index is 11.4. The van der Waals surface area contributed by atoms with Gasteiger partial charge in [0.1, 0.15) is 0 Å². The van der Waals surface area contributed by atoms with Crippen molar-refractivity contribution in [3.8, 4) is 5.75 Å². The summed E-state index contributed by atoms with van der Waals surface area (Å²) in [5, 5.41) is 3.61. The first-order chi connectivity index (χ1) is 9.45. The summed E-state index contributed by atoms with van der Waals surface area (Å²) in [5.74, 6) is -0.223. The highest BCUT2D eigenvalue weighted by molar-refractivity contribution is 6.30. The molecule has 0 atom stereocenters. The summed E-state index contributed by atoms with van der Waals surface area (Å²) in [6, 6.07) is 6.67. The molecule has 6 heteroatoms. The molecule has 0 spiro atoms. The Morgan fingerprint density at radius 1 is 1.30 bits per heavy atom. The van der Waals surface area contributed by atoms with Crippen molar-refractivity contribution in [2.24, 2.45) is 0 Å². The predicted molar refractivity (Wildman–Crippen MR) is 77.8 cm³/mol. The van der Waals surface area contributed by atoms with Crippen molar-refractivity contribution < 1.29 is 9.53 Å². The third kappa shape index (κ3) is 3.39. The van der Waals surface area contributed by atoms with Crippen molar-refractivity contribution in [2.75, 3.05) is 5.32 Å². The Morgan fingerprint density at radius 3 is 2.75 bits per heavy atom. The molecule has 104 valence electrons. The SMILES string of the molecule is CC(=O)Oc1c[nH]c(=O)cc1Nc1cc(Cl)ccc1C. The van der Waals surface area contributed by atoms with Crippen LogP contribution in [0.3, 0.4) is 0 Å². The van der Waals surface area contributed by atoms with E-state index in [1.165, 1.54) is 19.2 Å². The molecule has 20 heavy (non-hydrogen) atoms. The Labute approximate surface area is 120 Å². The quantitative estimate of drug-likeness (QED) is 0.853. The molecule has 0 saturated carbocycles. The van der Waals surface area contributed by atoms with Gasteiger partial charge in [0.2, 0.25) is 5.56 Å². The Kier molecular flexibility index (Phi) is 4.10. The van der Waals surface area contributed by atoms with E-state index < -0.39 is 5.97 Å². The van der Waals surface area contributed by atoms with E-state index in [9.17, 15) is 9.59 Å². The fraction of sp³-hybridized carbons (Fsp3) is 0.143. The Morgan fingerprint density at radius 2 is 2.05 bits per heavy atom. The summed E-state index contributed by atoms with van der Waals surface area (Å²) in [5.41, 5.74) is 1.78. The van der Waals surface area contributed by atoms with Crippen LogP contribution in [0, 0.1) is 6.92 Å². The normalized spacial score (nSPS) is 10.2. The Hall–Kier alpha value is -2.27. The van der Waals surface area contributed by atoms with Crippen LogP contribution in [0.25, 0.3) is 0 Å². The standard InChI is InChI=1S/C14H13ClN2O3/c1-8-3-4-10(15)5-11(8)17-12-6-14(19)16-7-13(12)20-9(2)18/h3-7H,1-2H3,(H2,16,17,19). The zero-order valence-corrected chi connectivity index (χ0v) is 11.7. The molecule has 2 aromatic rings. The number of hydrogen-bond donors (Lipinski definition) is 2. The van der Waals surface area contributed by atoms with Crippen molar-refractivity contribution in [3.63, 3.8) is 0 Å². The van der Waals surface area contributed by atoms with Gasteiger partial charge in [0.05, 0.1) is 5.69 Å². The van der Waals surface area contributed by atoms with Crippen LogP contribution in [0.15, 0.2) is 35.3 Å². The number of nitrogens with one attached hydrogen (secondary N) is 2. The molecule has 0 unspecified atom stereocenters. The van der Waals surface area contributed by atoms with Gasteiger partial charge in [-0.25, -0.2) is 0 Å². The molecule has 0 radical (unpaired) electrons. The summed E-state index contributed by atoms with van der Waals surface area (Å²) >= 11 is 5.95. The van der Waals surface area contributed by atoms with E-state index >= 15 is 0 Å². The van der Waals surface area contributed by atoms with E-state index in [1.54, 1.807) is 12.1 Å². The van der Waals surface area contributed by atoms with Crippen molar-refractivity contribution >= 4 is 28.9 Å². The molecule has 0 fully saturated rings. The van der Waals surface area contributed by atoms with Crippen LogP contribution in [0.5, 0.6) is 5.75 Å². The van der Waals surface area contributed by atoms with Crippen molar-refractivity contribution in [1.29, 1.82) is 0 Å². The molecule has 2 rings (SSSR count). The first-order valence-corrected chi connectivity index (χ1v) is 6.28. The third-order valence-electron chi connectivity index (χ3n) is 2.61. The molecular formula is C14H13ClN2O3. The molecule has 0 bridgehead atoms. The maximum absolute atomic E-state index is 11.4. The number of aromatic amines is 1. The molecule has 1 heterocycles. The lowest BCUT2D eigenvalue weighted by atomic mass is 10.2. The van der Waals surface area contributed by atoms with Gasteiger partial charge in [-0.1, -0.05) is 17.7 Å². The van der Waals surface area contributed by atoms with Gasteiger partial charge in [-0.2, -0.15) is 0 Å². The monoisotopic (exact) mass is 292 g/mol. The lowest BCUT2D eigenvalue weighted by Gasteiger charge is -2.13. The van der Waals surface area contributed by atoms with Gasteiger partial charge in [-0.15, -0.1) is 0 Å². The highest BCUT2D eigenvalue weighted by atomic mass is 35.5. The molecule has 0 aliphatic rings. The van der Waals surface area contributed by atoms with Gasteiger partial charge >= 0.3 is 5.97 Å². The van der Waals surface area contributed by atoms with Gasteiger partial charge in [0.15, 0.2) is 5.75 Å². The first-order valence-electron chi connectivity index (χ1n) is 5.90. The van der Waals surface area contributed by atoms with Crippen LogP contribution < -0.4 is 15.6 Å². The number of carbonyl (C=O) groups is 1. The summed E-state index contributed by atoms with van der Waals surface area (Å²) < 4.78 is 5.04. The molecule has 0 amide bonds. The average molecular weight is 293 g/mol. The number of carbonyl (C=O) groups excluding carboxylic acids is 1. The number of aryl methyl sites for hydroxylation is 1. The van der Waals surface area contributed by atoms with Crippen LogP contribution in [0.2, 0.25) is 5.02 Å². The van der Waals surface area contributed by atoms with E-state index in [-0.39, 0.29) is 11.3 Å². The van der Waals surface area contributed by atoms with Crippen molar-refractivity contribution in [3.05, 3.63) is 51.4 Å². The molecule has 5 nitrogen and oxygen atoms in total. The topological polar surface area (TPSA) is 71.2 Å². The van der Waals surface area contributed by atoms with Gasteiger partial charge < -0.3 is 15.0 Å². The zero-order chi connectivity index (χ0) is 14.7. The number of hydrogen-bond acceptors (Lipinski definition) is 4. The zero-order valence-electron chi connectivity index (χ0n) is 11.0. The molecular weight excluding hydrogens is 280 g/mol. The van der Waals surface area contributed by atoms with Gasteiger partial charge in [-0.05, 0) is 24.6 Å². The Balaban J connectivity index is 2.41. The van der Waals surface area contributed by atoms with Gasteiger partial charge in [0.25, 0.3) is 0 Å². The van der Waals surface area contributed by atoms with E-state index in [0.29, 0.717) is 10.7 Å². The van der Waals surface area contributed by atoms with E-state index in [4.69, 9.17) is 16.3 Å². The molecule has 1 aromatic carbocycles. The summed E-state index contributed by atoms with van der Waals surface area (Å²) in [6.45, 7) is 3.19. The average Bonchev–Trinajstić information content (AvgIpc) is 2.37. The fourth-order valence-corrected chi connectivity index (χ4v) is 1.84. The number of halogens is 1. The number of rotatable bonds is 3. The predicted octanol–water partition coefficient (Wildman–Crippen LogP) is 3.01. The molecule has 2 N–H and O–H groups in total. The number of esters is 1. The van der Waals surface area contributed by atoms with Gasteiger partial charge in [-0.3, -0.25) is 9.59 Å². The highest BCUT2D eigenvalue weighted by Crippen LogP contribution is 2.28. The van der Waals surface area contributed by atoms with Crippen molar-refractivity contribution in [1.82, 2.24) is 4.98 Å². The molecule has 0 saturated heterocycles. The number of ether oxygens (including phenoxy) is 1. The van der Waals surface area contributed by atoms with Crippen molar-refractivity contribution in [2.45, 2.75) is 13.8 Å². The smallest absolute Gasteiger partial charge is 0.308 e. The largest absolute Gasteiger partial charge is 0.423 e. The van der Waals surface area contributed by atoms with Crippen LogP contribution in [-0.2, 0) is 4.79 Å². The Bertz CT molecular complexity index is 710. The van der Waals surface area contributed by atoms with E-state index in [0.717, 1.165) is 11.3 Å². The highest BCUT2D eigenvalue weighted by Gasteiger charge is 2.09. The fourth-order valence-electron chi connectivity index (χ4n) is 1.67. The summed E-state index contributed by atoms with van der Waals surface area (Å²) in [4.78, 5) is 24.9. The second-order valence-corrected chi connectivity index (χ2v) is 4.69. The maximum Gasteiger partial charge on any atom is 0.308 e. The van der Waals surface area contributed by atoms with E-state index in [2.05, 4.69) is 10.3 Å². The van der Waals surface area contributed by atoms with Gasteiger partial charge in [0, 0.05) is 29.9 Å². The molecule has 1 aromatic heterocycles. The minimum Gasteiger partial charge on any atom is -0.423 e. The number of H-pyrrole nitrogens is 1. The number of aromatic nitrogens is 1. The summed E-state index contributed by atoms with van der Waals surface area (Å²) in [6.07, 6.45) is 1.34. The lowest BCUT2D eigenvalue weighted by Crippen LogP contribution is -2.10. The molecule has 0 aliphatic heterocycles. The third-order valence-corrected chi connectivity index (χ3v) is 2.84. The first kappa shape index (κ1) is 14.1. The lowest BCUT2D eigenvalue weighted by molar-refractivity contribution is -0.131. The van der Waals surface area contributed by atoms with Crippen LogP contribution in [0.1, 0.15) is 12.5 Å². The number of benzene rings is 1. The van der Waals surface area contributed by atoms with Crippen LogP contribution in [0.4, 0.5) is 11.4 Å². The van der Waals surface area contributed by atoms with E-state index in [1.807, 2.05) is 13.0 Å². The minimum absolute atomic E-state index is 0.247. The second kappa shape index (κ2) is 5.79. The second-order valence-electron chi connectivity index (χ2n) is 4.25. The van der Waals surface area contributed by atoms with Crippen LogP contribution in [-0.4, -0.2) is 11.0 Å². The van der Waals surface area contributed by atoms with Crippen LogP contribution >= 0.6 is 11.6 Å². The molecule has 0 aliphatic carbocycles. The summed E-state index contributed by atoms with van der Waals surface area (Å²) in [7, 11) is 0.